The van der Waals surface area contributed by atoms with Crippen LogP contribution in [0.3, 0.4) is 0 Å². The summed E-state index contributed by atoms with van der Waals surface area (Å²) in [4.78, 5) is 12.7. The molecule has 8 nitrogen and oxygen atoms in total. The first kappa shape index (κ1) is 19.5. The van der Waals surface area contributed by atoms with Crippen molar-refractivity contribution in [2.45, 2.75) is 23.5 Å². The lowest BCUT2D eigenvalue weighted by molar-refractivity contribution is 0.191. The number of nitrogens with zero attached hydrogens (tertiary/aromatic N) is 4. The molecule has 0 bridgehead atoms. The van der Waals surface area contributed by atoms with Gasteiger partial charge in [0, 0.05) is 31.5 Å². The number of sulfone groups is 1. The average Bonchev–Trinajstić information content (AvgIpc) is 2.94. The molecule has 3 rings (SSSR count). The third kappa shape index (κ3) is 4.94. The highest BCUT2D eigenvalue weighted by molar-refractivity contribution is 7.90. The first-order valence-electron chi connectivity index (χ1n) is 8.62. The number of aliphatic hydroxyl groups excluding tert-OH is 1. The summed E-state index contributed by atoms with van der Waals surface area (Å²) < 4.78 is 29.2. The molecule has 146 valence electrons. The van der Waals surface area contributed by atoms with Crippen molar-refractivity contribution in [2.24, 2.45) is 0 Å². The molecule has 2 heterocycles. The van der Waals surface area contributed by atoms with Crippen molar-refractivity contribution in [3.63, 3.8) is 0 Å². The van der Waals surface area contributed by atoms with Crippen molar-refractivity contribution in [3.05, 3.63) is 36.7 Å². The second-order valence-electron chi connectivity index (χ2n) is 7.02. The van der Waals surface area contributed by atoms with Crippen LogP contribution in [0.1, 0.15) is 6.42 Å². The number of benzene rings is 1. The summed E-state index contributed by atoms with van der Waals surface area (Å²) in [6, 6.07) is 8.12. The van der Waals surface area contributed by atoms with E-state index in [0.717, 1.165) is 12.8 Å². The van der Waals surface area contributed by atoms with E-state index in [-0.39, 0.29) is 10.9 Å². The monoisotopic (exact) mass is 392 g/mol. The summed E-state index contributed by atoms with van der Waals surface area (Å²) in [6.07, 6.45) is 2.83. The van der Waals surface area contributed by atoms with E-state index < -0.39 is 15.9 Å². The maximum absolute atomic E-state index is 11.7. The van der Waals surface area contributed by atoms with Gasteiger partial charge in [-0.3, -0.25) is 0 Å². The van der Waals surface area contributed by atoms with E-state index in [9.17, 15) is 13.5 Å². The Morgan fingerprint density at radius 2 is 2.07 bits per heavy atom. The molecule has 1 saturated heterocycles. The number of anilines is 1. The minimum absolute atomic E-state index is 0.145. The Bertz CT molecular complexity index is 904. The third-order valence-corrected chi connectivity index (χ3v) is 5.46. The quantitative estimate of drug-likeness (QED) is 0.783. The summed E-state index contributed by atoms with van der Waals surface area (Å²) >= 11 is 0. The number of rotatable bonds is 6. The maximum Gasteiger partial charge on any atom is 0.224 e. The van der Waals surface area contributed by atoms with Crippen LogP contribution in [-0.2, 0) is 9.84 Å². The smallest absolute Gasteiger partial charge is 0.224 e. The Balaban J connectivity index is 1.82. The molecule has 27 heavy (non-hydrogen) atoms. The largest absolute Gasteiger partial charge is 0.439 e. The molecule has 0 aliphatic carbocycles. The predicted octanol–water partition coefficient (Wildman–Crippen LogP) is 1.17. The molecule has 2 aromatic rings. The third-order valence-electron chi connectivity index (χ3n) is 4.35. The van der Waals surface area contributed by atoms with Crippen molar-refractivity contribution >= 4 is 15.7 Å². The fourth-order valence-corrected chi connectivity index (χ4v) is 3.86. The lowest BCUT2D eigenvalue weighted by atomic mass is 10.2. The molecule has 1 aromatic heterocycles. The molecule has 0 unspecified atom stereocenters. The Kier molecular flexibility index (Phi) is 5.64. The number of hydrogen-bond donors (Lipinski definition) is 1. The second-order valence-corrected chi connectivity index (χ2v) is 9.04. The van der Waals surface area contributed by atoms with Gasteiger partial charge in [0.1, 0.15) is 17.9 Å². The Morgan fingerprint density at radius 1 is 1.30 bits per heavy atom. The van der Waals surface area contributed by atoms with Crippen LogP contribution in [0.25, 0.3) is 0 Å². The molecular weight excluding hydrogens is 368 g/mol. The number of ether oxygens (including phenoxy) is 1. The zero-order valence-electron chi connectivity index (χ0n) is 15.6. The molecular formula is C18H24N4O4S. The molecule has 1 N–H and O–H groups in total. The second kappa shape index (κ2) is 7.79. The minimum Gasteiger partial charge on any atom is -0.439 e. The van der Waals surface area contributed by atoms with E-state index in [1.165, 1.54) is 18.5 Å². The fraction of sp³-hybridized carbons (Fsp3) is 0.444. The summed E-state index contributed by atoms with van der Waals surface area (Å²) in [6.45, 7) is 1.30. The van der Waals surface area contributed by atoms with Gasteiger partial charge in [-0.15, -0.1) is 0 Å². The zero-order chi connectivity index (χ0) is 19.6. The van der Waals surface area contributed by atoms with Gasteiger partial charge < -0.3 is 19.6 Å². The molecule has 1 aliphatic heterocycles. The average molecular weight is 392 g/mol. The lowest BCUT2D eigenvalue weighted by Gasteiger charge is -2.27. The number of likely N-dealkylation sites (N-methyl/N-ethyl adjacent to an activating group) is 1. The van der Waals surface area contributed by atoms with Gasteiger partial charge in [0.2, 0.25) is 5.88 Å². The summed E-state index contributed by atoms with van der Waals surface area (Å²) in [5, 5.41) is 10.1. The van der Waals surface area contributed by atoms with Crippen LogP contribution in [0.2, 0.25) is 0 Å². The highest BCUT2D eigenvalue weighted by Crippen LogP contribution is 2.28. The Hall–Kier alpha value is -2.23. The highest BCUT2D eigenvalue weighted by Gasteiger charge is 2.32. The Morgan fingerprint density at radius 3 is 2.78 bits per heavy atom. The van der Waals surface area contributed by atoms with Gasteiger partial charge in [-0.25, -0.2) is 18.4 Å². The van der Waals surface area contributed by atoms with E-state index in [4.69, 9.17) is 4.74 Å². The van der Waals surface area contributed by atoms with Crippen LogP contribution in [0.4, 0.5) is 5.82 Å². The normalized spacial score (nSPS) is 20.3. The van der Waals surface area contributed by atoms with Crippen molar-refractivity contribution in [2.75, 3.05) is 38.3 Å². The number of aromatic nitrogens is 2. The standard InChI is InChI=1S/C18H24N4O4S/c1-21(2)10-13-7-14(23)11-22(13)17-9-18(20-12-19-17)26-15-5-4-6-16(8-15)27(3,24)25/h4-6,8-9,12-14,23H,7,10-11H2,1-3H3/t13-,14-/m1/s1. The molecule has 0 amide bonds. The number of hydrogen-bond acceptors (Lipinski definition) is 8. The van der Waals surface area contributed by atoms with Crippen molar-refractivity contribution in [1.29, 1.82) is 0 Å². The van der Waals surface area contributed by atoms with Crippen LogP contribution < -0.4 is 9.64 Å². The van der Waals surface area contributed by atoms with E-state index >= 15 is 0 Å². The van der Waals surface area contributed by atoms with E-state index in [1.807, 2.05) is 19.0 Å². The first-order chi connectivity index (χ1) is 12.7. The van der Waals surface area contributed by atoms with Gasteiger partial charge in [0.05, 0.1) is 11.0 Å². The van der Waals surface area contributed by atoms with Crippen LogP contribution in [0.5, 0.6) is 11.6 Å². The van der Waals surface area contributed by atoms with E-state index in [1.54, 1.807) is 18.2 Å². The van der Waals surface area contributed by atoms with Crippen LogP contribution >= 0.6 is 0 Å². The SMILES string of the molecule is CN(C)C[C@H]1C[C@@H](O)CN1c1cc(Oc2cccc(S(C)(=O)=O)c2)ncn1. The molecule has 0 saturated carbocycles. The summed E-state index contributed by atoms with van der Waals surface area (Å²) in [5.74, 6) is 1.37. The van der Waals surface area contributed by atoms with Gasteiger partial charge >= 0.3 is 0 Å². The van der Waals surface area contributed by atoms with Gasteiger partial charge in [-0.05, 0) is 38.7 Å². The van der Waals surface area contributed by atoms with E-state index in [0.29, 0.717) is 30.4 Å². The number of aliphatic hydroxyl groups is 1. The van der Waals surface area contributed by atoms with Gasteiger partial charge in [-0.2, -0.15) is 0 Å². The summed E-state index contributed by atoms with van der Waals surface area (Å²) in [7, 11) is 0.667. The van der Waals surface area contributed by atoms with Crippen LogP contribution in [-0.4, -0.2) is 74.0 Å². The van der Waals surface area contributed by atoms with E-state index in [2.05, 4.69) is 14.9 Å². The first-order valence-corrected chi connectivity index (χ1v) is 10.5. The van der Waals surface area contributed by atoms with Gasteiger partial charge in [0.15, 0.2) is 9.84 Å². The molecule has 1 aliphatic rings. The van der Waals surface area contributed by atoms with Crippen molar-refractivity contribution in [3.8, 4) is 11.6 Å². The van der Waals surface area contributed by atoms with Gasteiger partial charge in [-0.1, -0.05) is 6.07 Å². The lowest BCUT2D eigenvalue weighted by Crippen LogP contribution is -2.38. The highest BCUT2D eigenvalue weighted by atomic mass is 32.2. The molecule has 0 spiro atoms. The predicted molar refractivity (Wildman–Crippen MR) is 102 cm³/mol. The van der Waals surface area contributed by atoms with Gasteiger partial charge in [0.25, 0.3) is 0 Å². The number of β-amino-alcohol motifs (C(OH)–C–C–N with tert-alkyl or cyclic N) is 1. The molecule has 1 fully saturated rings. The molecule has 1 aromatic carbocycles. The topological polar surface area (TPSA) is 95.9 Å². The molecule has 0 radical (unpaired) electrons. The van der Waals surface area contributed by atoms with Crippen molar-refractivity contribution in [1.82, 2.24) is 14.9 Å². The zero-order valence-corrected chi connectivity index (χ0v) is 16.4. The maximum atomic E-state index is 11.7. The van der Waals surface area contributed by atoms with Crippen LogP contribution in [0, 0.1) is 0 Å². The fourth-order valence-electron chi connectivity index (χ4n) is 3.20. The molecule has 9 heteroatoms. The molecule has 2 atom stereocenters. The summed E-state index contributed by atoms with van der Waals surface area (Å²) in [5.41, 5.74) is 0. The van der Waals surface area contributed by atoms with Crippen molar-refractivity contribution < 1.29 is 18.3 Å². The minimum atomic E-state index is -3.32. The Labute approximate surface area is 159 Å². The van der Waals surface area contributed by atoms with Crippen LogP contribution in [0.15, 0.2) is 41.6 Å².